The molecule has 1 aromatic heterocycles. The predicted molar refractivity (Wildman–Crippen MR) is 135 cm³/mol. The van der Waals surface area contributed by atoms with E-state index in [0.29, 0.717) is 30.8 Å². The van der Waals surface area contributed by atoms with Gasteiger partial charge >= 0.3 is 6.03 Å². The van der Waals surface area contributed by atoms with Gasteiger partial charge in [-0.25, -0.2) is 14.8 Å². The lowest BCUT2D eigenvalue weighted by molar-refractivity contribution is 0.122. The number of hydrogen-bond donors (Lipinski definition) is 2. The number of carbonyl (C=O) groups is 1. The molecule has 1 aliphatic heterocycles. The van der Waals surface area contributed by atoms with Gasteiger partial charge in [0.1, 0.15) is 16.8 Å². The number of nitrogens with one attached hydrogen (secondary N) is 2. The summed E-state index contributed by atoms with van der Waals surface area (Å²) in [5, 5.41) is 6.22. The van der Waals surface area contributed by atoms with Crippen molar-refractivity contribution in [1.29, 1.82) is 0 Å². The number of ether oxygens (including phenoxy) is 1. The van der Waals surface area contributed by atoms with Crippen molar-refractivity contribution in [3.63, 3.8) is 0 Å². The van der Waals surface area contributed by atoms with Gasteiger partial charge in [-0.2, -0.15) is 0 Å². The van der Waals surface area contributed by atoms with Gasteiger partial charge in [-0.3, -0.25) is 0 Å². The largest absolute Gasteiger partial charge is 0.378 e. The zero-order valence-corrected chi connectivity index (χ0v) is 20.7. The molecule has 0 atom stereocenters. The monoisotopic (exact) mass is 458 g/mol. The Hall–Kier alpha value is -2.32. The van der Waals surface area contributed by atoms with Gasteiger partial charge in [0.2, 0.25) is 0 Å². The van der Waals surface area contributed by atoms with Crippen molar-refractivity contribution in [2.24, 2.45) is 0 Å². The van der Waals surface area contributed by atoms with Crippen LogP contribution in [0.2, 0.25) is 0 Å². The molecule has 0 saturated carbocycles. The maximum absolute atomic E-state index is 11.9. The lowest BCUT2D eigenvalue weighted by Crippen LogP contribution is -2.37. The molecule has 2 aromatic rings. The van der Waals surface area contributed by atoms with Crippen LogP contribution in [-0.2, 0) is 21.2 Å². The van der Waals surface area contributed by atoms with Crippen LogP contribution in [0, 0.1) is 0 Å². The summed E-state index contributed by atoms with van der Waals surface area (Å²) in [6.45, 7) is 14.7. The van der Waals surface area contributed by atoms with E-state index in [0.717, 1.165) is 42.3 Å². The van der Waals surface area contributed by atoms with Crippen LogP contribution in [0.5, 0.6) is 0 Å². The number of carbonyl (C=O) groups excluding carboxylic acids is 1. The Balaban J connectivity index is 1.90. The normalized spacial score (nSPS) is 14.5. The second kappa shape index (κ2) is 11.0. The molecule has 32 heavy (non-hydrogen) atoms. The van der Waals surface area contributed by atoms with Crippen LogP contribution < -0.4 is 15.5 Å². The van der Waals surface area contributed by atoms with Crippen molar-refractivity contribution >= 4 is 29.3 Å². The summed E-state index contributed by atoms with van der Waals surface area (Å²) in [4.78, 5) is 24.1. The predicted octanol–water partition coefficient (Wildman–Crippen LogP) is 3.97. The molecule has 2 amide bonds. The van der Waals surface area contributed by atoms with Gasteiger partial charge in [-0.1, -0.05) is 6.92 Å². The van der Waals surface area contributed by atoms with E-state index in [-0.39, 0.29) is 10.8 Å². The van der Waals surface area contributed by atoms with Gasteiger partial charge in [-0.15, -0.1) is 0 Å². The second-order valence-corrected chi connectivity index (χ2v) is 11.2. The molecule has 8 heteroatoms. The number of anilines is 2. The molecule has 1 aliphatic rings. The molecule has 3 rings (SSSR count). The fraction of sp³-hybridized carbons (Fsp3) is 0.542. The van der Waals surface area contributed by atoms with Crippen LogP contribution in [0.25, 0.3) is 11.4 Å². The first-order valence-corrected chi connectivity index (χ1v) is 12.3. The molecule has 2 heterocycles. The van der Waals surface area contributed by atoms with Crippen molar-refractivity contribution in [2.45, 2.75) is 51.0 Å². The van der Waals surface area contributed by atoms with Gasteiger partial charge < -0.3 is 20.3 Å². The first-order valence-electron chi connectivity index (χ1n) is 11.4. The zero-order chi connectivity index (χ0) is 23.1. The summed E-state index contributed by atoms with van der Waals surface area (Å²) >= 11 is 1.33. The lowest BCUT2D eigenvalue weighted by atomic mass is 10.1. The van der Waals surface area contributed by atoms with E-state index in [4.69, 9.17) is 14.7 Å². The molecule has 0 radical (unpaired) electrons. The molecule has 174 valence electrons. The Bertz CT molecular complexity index is 896. The summed E-state index contributed by atoms with van der Waals surface area (Å²) in [5.41, 5.74) is 2.71. The molecule has 0 spiro atoms. The summed E-state index contributed by atoms with van der Waals surface area (Å²) in [6, 6.07) is 9.65. The highest BCUT2D eigenvalue weighted by atomic mass is 32.2. The molecule has 1 aromatic carbocycles. The van der Waals surface area contributed by atoms with Crippen molar-refractivity contribution < 1.29 is 9.53 Å². The highest BCUT2D eigenvalue weighted by Gasteiger charge is 2.34. The lowest BCUT2D eigenvalue weighted by Gasteiger charge is -2.29. The minimum atomic E-state index is -0.193. The molecule has 1 fully saturated rings. The standard InChI is InChI=1S/C24H35N5O2S/c1-6-11-25-23(30)26-19-9-7-18(8-10-19)22-27-20(24(4,5)32-17(2)3)16-21(28-22)29-12-14-31-15-13-29/h7-10,16-17H,6,11-15H2,1-5H3,(H2,25,26,30)/p+1. The summed E-state index contributed by atoms with van der Waals surface area (Å²) in [6.07, 6.45) is 0.901. The van der Waals surface area contributed by atoms with Crippen LogP contribution in [0.4, 0.5) is 16.3 Å². The van der Waals surface area contributed by atoms with E-state index in [2.05, 4.69) is 49.3 Å². The number of aromatic nitrogens is 2. The molecule has 0 bridgehead atoms. The summed E-state index contributed by atoms with van der Waals surface area (Å²) < 4.78 is 5.44. The molecule has 7 nitrogen and oxygen atoms in total. The third-order valence-corrected chi connectivity index (χ3v) is 6.58. The Morgan fingerprint density at radius 2 is 1.88 bits per heavy atom. The molecular weight excluding hydrogens is 422 g/mol. The minimum absolute atomic E-state index is 0.0915. The van der Waals surface area contributed by atoms with E-state index in [1.807, 2.05) is 31.2 Å². The number of hydrogen-bond acceptors (Lipinski definition) is 5. The van der Waals surface area contributed by atoms with Crippen LogP contribution in [0.3, 0.4) is 0 Å². The van der Waals surface area contributed by atoms with E-state index in [9.17, 15) is 4.79 Å². The van der Waals surface area contributed by atoms with Gasteiger partial charge in [-0.05, 0) is 70.1 Å². The highest BCUT2D eigenvalue weighted by molar-refractivity contribution is 7.80. The summed E-state index contributed by atoms with van der Waals surface area (Å²) in [5.74, 6) is 1.65. The molecule has 0 aliphatic carbocycles. The van der Waals surface area contributed by atoms with Crippen molar-refractivity contribution in [1.82, 2.24) is 15.3 Å². The first kappa shape index (κ1) is 24.3. The number of morpholine rings is 1. The van der Waals surface area contributed by atoms with E-state index in [1.165, 1.54) is 11.8 Å². The summed E-state index contributed by atoms with van der Waals surface area (Å²) in [7, 11) is 0. The second-order valence-electron chi connectivity index (χ2n) is 8.77. The maximum Gasteiger partial charge on any atom is 0.319 e. The maximum atomic E-state index is 11.9. The topological polar surface area (TPSA) is 79.4 Å². The van der Waals surface area contributed by atoms with Crippen molar-refractivity contribution in [3.05, 3.63) is 36.0 Å². The van der Waals surface area contributed by atoms with Crippen molar-refractivity contribution in [3.8, 4) is 11.4 Å². The third-order valence-electron chi connectivity index (χ3n) is 5.19. The number of amides is 2. The highest BCUT2D eigenvalue weighted by Crippen LogP contribution is 2.31. The number of urea groups is 1. The smallest absolute Gasteiger partial charge is 0.319 e. The van der Waals surface area contributed by atoms with Crippen LogP contribution in [-0.4, -0.2) is 54.1 Å². The van der Waals surface area contributed by atoms with E-state index >= 15 is 0 Å². The number of thiol groups is 1. The number of rotatable bonds is 8. The van der Waals surface area contributed by atoms with Crippen LogP contribution in [0.1, 0.15) is 46.7 Å². The SMILES string of the molecule is CCCNC(=O)Nc1ccc(-c2nc(N3CCOCC3)cc(C(C)(C)[SH+]C(C)C)n2)cc1. The Labute approximate surface area is 195 Å². The fourth-order valence-corrected chi connectivity index (χ4v) is 5.20. The Morgan fingerprint density at radius 3 is 2.50 bits per heavy atom. The Kier molecular flexibility index (Phi) is 8.37. The average molecular weight is 459 g/mol. The van der Waals surface area contributed by atoms with Crippen molar-refractivity contribution in [2.75, 3.05) is 43.1 Å². The molecule has 0 unspecified atom stereocenters. The minimum Gasteiger partial charge on any atom is -0.378 e. The number of benzene rings is 1. The third kappa shape index (κ3) is 6.59. The molecular formula is C24H36N5O2S+. The quantitative estimate of drug-likeness (QED) is 0.462. The van der Waals surface area contributed by atoms with E-state index < -0.39 is 0 Å². The first-order chi connectivity index (χ1) is 15.3. The van der Waals surface area contributed by atoms with Gasteiger partial charge in [0.05, 0.1) is 13.2 Å². The van der Waals surface area contributed by atoms with Gasteiger partial charge in [0.25, 0.3) is 0 Å². The van der Waals surface area contributed by atoms with Crippen LogP contribution in [0.15, 0.2) is 30.3 Å². The molecule has 2 N–H and O–H groups in total. The van der Waals surface area contributed by atoms with Gasteiger partial charge in [0.15, 0.2) is 10.6 Å². The van der Waals surface area contributed by atoms with E-state index in [1.54, 1.807) is 0 Å². The zero-order valence-electron chi connectivity index (χ0n) is 19.8. The van der Waals surface area contributed by atoms with Crippen LogP contribution >= 0.6 is 0 Å². The fourth-order valence-electron chi connectivity index (χ4n) is 3.66. The average Bonchev–Trinajstić information content (AvgIpc) is 2.77. The molecule has 1 saturated heterocycles. The Morgan fingerprint density at radius 1 is 1.19 bits per heavy atom. The van der Waals surface area contributed by atoms with Gasteiger partial charge in [0, 0.05) is 37.0 Å². The number of nitrogens with zero attached hydrogens (tertiary/aromatic N) is 3.